The summed E-state index contributed by atoms with van der Waals surface area (Å²) in [5.41, 5.74) is 2.38. The van der Waals surface area contributed by atoms with E-state index in [1.165, 1.54) is 5.56 Å². The lowest BCUT2D eigenvalue weighted by atomic mass is 10.1. The Hall–Kier alpha value is -1.54. The molecule has 1 aromatic heterocycles. The Morgan fingerprint density at radius 2 is 1.85 bits per heavy atom. The SMILES string of the molecule is CCNC(=NCc1ccnc(N(C)C)c1)NCCc1ccc(Cl)cc1.I. The van der Waals surface area contributed by atoms with Crippen LogP contribution in [0.25, 0.3) is 0 Å². The number of aromatic nitrogens is 1. The lowest BCUT2D eigenvalue weighted by Gasteiger charge is -2.13. The van der Waals surface area contributed by atoms with Gasteiger partial charge in [-0.3, -0.25) is 0 Å². The molecular weight excluding hydrogens is 461 g/mol. The highest BCUT2D eigenvalue weighted by molar-refractivity contribution is 14.0. The maximum atomic E-state index is 5.92. The third-order valence-electron chi connectivity index (χ3n) is 3.65. The Morgan fingerprint density at radius 3 is 2.50 bits per heavy atom. The molecule has 0 fully saturated rings. The van der Waals surface area contributed by atoms with Crippen LogP contribution in [-0.2, 0) is 13.0 Å². The minimum atomic E-state index is 0. The topological polar surface area (TPSA) is 52.6 Å². The van der Waals surface area contributed by atoms with E-state index in [0.717, 1.165) is 41.9 Å². The van der Waals surface area contributed by atoms with Gasteiger partial charge in [-0.25, -0.2) is 9.98 Å². The fourth-order valence-electron chi connectivity index (χ4n) is 2.29. The quantitative estimate of drug-likeness (QED) is 0.355. The third kappa shape index (κ3) is 7.78. The zero-order valence-corrected chi connectivity index (χ0v) is 18.6. The minimum absolute atomic E-state index is 0. The van der Waals surface area contributed by atoms with E-state index in [9.17, 15) is 0 Å². The monoisotopic (exact) mass is 487 g/mol. The van der Waals surface area contributed by atoms with Gasteiger partial charge in [0.1, 0.15) is 5.82 Å². The summed E-state index contributed by atoms with van der Waals surface area (Å²) in [4.78, 5) is 11.0. The first-order valence-electron chi connectivity index (χ1n) is 8.47. The first-order chi connectivity index (χ1) is 12.1. The third-order valence-corrected chi connectivity index (χ3v) is 3.90. The molecule has 0 aliphatic heterocycles. The molecule has 2 N–H and O–H groups in total. The van der Waals surface area contributed by atoms with Gasteiger partial charge in [0.05, 0.1) is 6.54 Å². The highest BCUT2D eigenvalue weighted by atomic mass is 127. The molecule has 0 bridgehead atoms. The summed E-state index contributed by atoms with van der Waals surface area (Å²) < 4.78 is 0. The average Bonchev–Trinajstić information content (AvgIpc) is 2.61. The van der Waals surface area contributed by atoms with Gasteiger partial charge in [0.2, 0.25) is 0 Å². The molecular formula is C19H27ClIN5. The van der Waals surface area contributed by atoms with Crippen LogP contribution in [0.1, 0.15) is 18.1 Å². The maximum Gasteiger partial charge on any atom is 0.191 e. The second-order valence-electron chi connectivity index (χ2n) is 5.92. The van der Waals surface area contributed by atoms with Crippen molar-refractivity contribution >= 4 is 47.4 Å². The number of rotatable bonds is 7. The number of anilines is 1. The summed E-state index contributed by atoms with van der Waals surface area (Å²) >= 11 is 5.92. The molecule has 26 heavy (non-hydrogen) atoms. The van der Waals surface area contributed by atoms with E-state index in [1.54, 1.807) is 0 Å². The van der Waals surface area contributed by atoms with Crippen LogP contribution >= 0.6 is 35.6 Å². The normalized spacial score (nSPS) is 10.8. The van der Waals surface area contributed by atoms with Gasteiger partial charge in [0, 0.05) is 38.4 Å². The lowest BCUT2D eigenvalue weighted by Crippen LogP contribution is -2.38. The average molecular weight is 488 g/mol. The number of guanidine groups is 1. The van der Waals surface area contributed by atoms with Gasteiger partial charge in [-0.1, -0.05) is 23.7 Å². The van der Waals surface area contributed by atoms with E-state index in [2.05, 4.69) is 33.6 Å². The zero-order valence-electron chi connectivity index (χ0n) is 15.5. The molecule has 2 aromatic rings. The molecule has 142 valence electrons. The fraction of sp³-hybridized carbons (Fsp3) is 0.368. The highest BCUT2D eigenvalue weighted by Crippen LogP contribution is 2.11. The van der Waals surface area contributed by atoms with Crippen molar-refractivity contribution in [2.45, 2.75) is 19.9 Å². The zero-order chi connectivity index (χ0) is 18.1. The largest absolute Gasteiger partial charge is 0.363 e. The van der Waals surface area contributed by atoms with Crippen molar-refractivity contribution in [1.82, 2.24) is 15.6 Å². The Morgan fingerprint density at radius 1 is 1.12 bits per heavy atom. The first-order valence-corrected chi connectivity index (χ1v) is 8.85. The van der Waals surface area contributed by atoms with Crippen LogP contribution in [0.2, 0.25) is 5.02 Å². The summed E-state index contributed by atoms with van der Waals surface area (Å²) in [5, 5.41) is 7.41. The van der Waals surface area contributed by atoms with Crippen molar-refractivity contribution < 1.29 is 0 Å². The van der Waals surface area contributed by atoms with Gasteiger partial charge < -0.3 is 15.5 Å². The smallest absolute Gasteiger partial charge is 0.191 e. The van der Waals surface area contributed by atoms with Crippen LogP contribution in [0.15, 0.2) is 47.6 Å². The van der Waals surface area contributed by atoms with Gasteiger partial charge in [0.25, 0.3) is 0 Å². The summed E-state index contributed by atoms with van der Waals surface area (Å²) in [6, 6.07) is 12.0. The molecule has 0 amide bonds. The van der Waals surface area contributed by atoms with E-state index in [0.29, 0.717) is 6.54 Å². The van der Waals surface area contributed by atoms with Gasteiger partial charge in [0.15, 0.2) is 5.96 Å². The number of pyridine rings is 1. The van der Waals surface area contributed by atoms with Crippen molar-refractivity contribution in [2.75, 3.05) is 32.1 Å². The van der Waals surface area contributed by atoms with Gasteiger partial charge in [-0.2, -0.15) is 0 Å². The molecule has 1 aromatic carbocycles. The van der Waals surface area contributed by atoms with Crippen molar-refractivity contribution in [1.29, 1.82) is 0 Å². The number of halogens is 2. The first kappa shape index (κ1) is 22.5. The predicted octanol–water partition coefficient (Wildman–Crippen LogP) is 3.72. The van der Waals surface area contributed by atoms with Crippen molar-refractivity contribution in [3.05, 3.63) is 58.7 Å². The molecule has 0 radical (unpaired) electrons. The highest BCUT2D eigenvalue weighted by Gasteiger charge is 2.01. The molecule has 0 unspecified atom stereocenters. The maximum absolute atomic E-state index is 5.92. The van der Waals surface area contributed by atoms with Crippen LogP contribution in [0, 0.1) is 0 Å². The fourth-order valence-corrected chi connectivity index (χ4v) is 2.42. The van der Waals surface area contributed by atoms with Gasteiger partial charge >= 0.3 is 0 Å². The predicted molar refractivity (Wildman–Crippen MR) is 122 cm³/mol. The van der Waals surface area contributed by atoms with E-state index < -0.39 is 0 Å². The van der Waals surface area contributed by atoms with Crippen LogP contribution in [-0.4, -0.2) is 38.1 Å². The van der Waals surface area contributed by atoms with E-state index >= 15 is 0 Å². The minimum Gasteiger partial charge on any atom is -0.363 e. The van der Waals surface area contributed by atoms with E-state index in [1.807, 2.05) is 55.5 Å². The van der Waals surface area contributed by atoms with Gasteiger partial charge in [-0.15, -0.1) is 24.0 Å². The van der Waals surface area contributed by atoms with E-state index in [-0.39, 0.29) is 24.0 Å². The van der Waals surface area contributed by atoms with Crippen molar-refractivity contribution in [3.63, 3.8) is 0 Å². The number of nitrogens with one attached hydrogen (secondary N) is 2. The van der Waals surface area contributed by atoms with Crippen LogP contribution in [0.5, 0.6) is 0 Å². The van der Waals surface area contributed by atoms with Gasteiger partial charge in [-0.05, 0) is 48.7 Å². The summed E-state index contributed by atoms with van der Waals surface area (Å²) in [7, 11) is 3.97. The summed E-state index contributed by atoms with van der Waals surface area (Å²) in [6.45, 7) is 4.31. The van der Waals surface area contributed by atoms with Crippen molar-refractivity contribution in [2.24, 2.45) is 4.99 Å². The van der Waals surface area contributed by atoms with Crippen molar-refractivity contribution in [3.8, 4) is 0 Å². The second kappa shape index (κ2) is 12.0. The standard InChI is InChI=1S/C19H26ClN5.HI/c1-4-21-19(23-12-9-15-5-7-17(20)8-6-15)24-14-16-10-11-22-18(13-16)25(2)3;/h5-8,10-11,13H,4,9,12,14H2,1-3H3,(H2,21,23,24);1H. The Balaban J connectivity index is 0.00000338. The number of hydrogen-bond acceptors (Lipinski definition) is 3. The summed E-state index contributed by atoms with van der Waals surface area (Å²) in [5.74, 6) is 1.76. The second-order valence-corrected chi connectivity index (χ2v) is 6.35. The number of nitrogens with zero attached hydrogens (tertiary/aromatic N) is 3. The Bertz CT molecular complexity index is 689. The van der Waals surface area contributed by atoms with Crippen LogP contribution in [0.3, 0.4) is 0 Å². The molecule has 0 aliphatic carbocycles. The number of aliphatic imine (C=N–C) groups is 1. The molecule has 2 rings (SSSR count). The molecule has 1 heterocycles. The molecule has 0 saturated carbocycles. The van der Waals surface area contributed by atoms with Crippen LogP contribution < -0.4 is 15.5 Å². The lowest BCUT2D eigenvalue weighted by molar-refractivity contribution is 0.799. The molecule has 0 aliphatic rings. The van der Waals surface area contributed by atoms with E-state index in [4.69, 9.17) is 11.6 Å². The molecule has 0 saturated heterocycles. The number of hydrogen-bond donors (Lipinski definition) is 2. The molecule has 0 atom stereocenters. The van der Waals surface area contributed by atoms with Crippen LogP contribution in [0.4, 0.5) is 5.82 Å². The molecule has 5 nitrogen and oxygen atoms in total. The molecule has 0 spiro atoms. The Labute approximate surface area is 178 Å². The Kier molecular flexibility index (Phi) is 10.3. The number of benzene rings is 1. The summed E-state index contributed by atoms with van der Waals surface area (Å²) in [6.07, 6.45) is 2.74. The molecule has 7 heteroatoms.